The minimum absolute atomic E-state index is 0.0629. The van der Waals surface area contributed by atoms with Crippen molar-refractivity contribution in [2.24, 2.45) is 0 Å². The second-order valence-corrected chi connectivity index (χ2v) is 5.38. The van der Waals surface area contributed by atoms with Crippen LogP contribution < -0.4 is 0 Å². The molecule has 18 heavy (non-hydrogen) atoms. The highest BCUT2D eigenvalue weighted by Gasteiger charge is 2.37. The lowest BCUT2D eigenvalue weighted by Gasteiger charge is -2.46. The van der Waals surface area contributed by atoms with E-state index < -0.39 is 0 Å². The van der Waals surface area contributed by atoms with Crippen molar-refractivity contribution in [2.75, 3.05) is 27.2 Å². The number of rotatable bonds is 6. The SMILES string of the molecule is C=CCC1(CC=C)CCCCN1CC(=O)N(C)C. The maximum atomic E-state index is 11.9. The molecule has 3 nitrogen and oxygen atoms in total. The third kappa shape index (κ3) is 3.45. The molecule has 1 fully saturated rings. The van der Waals surface area contributed by atoms with Crippen molar-refractivity contribution < 1.29 is 4.79 Å². The van der Waals surface area contributed by atoms with Crippen LogP contribution in [0.4, 0.5) is 0 Å². The fraction of sp³-hybridized carbons (Fsp3) is 0.667. The highest BCUT2D eigenvalue weighted by Crippen LogP contribution is 2.34. The first-order valence-electron chi connectivity index (χ1n) is 6.73. The van der Waals surface area contributed by atoms with Gasteiger partial charge in [0.2, 0.25) is 5.91 Å². The monoisotopic (exact) mass is 250 g/mol. The van der Waals surface area contributed by atoms with Crippen molar-refractivity contribution in [1.82, 2.24) is 9.80 Å². The van der Waals surface area contributed by atoms with Gasteiger partial charge >= 0.3 is 0 Å². The van der Waals surface area contributed by atoms with Crippen LogP contribution in [-0.4, -0.2) is 48.4 Å². The van der Waals surface area contributed by atoms with E-state index in [9.17, 15) is 4.79 Å². The largest absolute Gasteiger partial charge is 0.348 e. The standard InChI is InChI=1S/C15H26N2O/c1-5-9-15(10-6-2)11-7-8-12-17(15)13-14(18)16(3)4/h5-6H,1-2,7-13H2,3-4H3. The zero-order chi connectivity index (χ0) is 13.6. The van der Waals surface area contributed by atoms with Crippen LogP contribution in [0.2, 0.25) is 0 Å². The Morgan fingerprint density at radius 1 is 1.28 bits per heavy atom. The summed E-state index contributed by atoms with van der Waals surface area (Å²) in [5.74, 6) is 0.175. The summed E-state index contributed by atoms with van der Waals surface area (Å²) in [6, 6.07) is 0. The van der Waals surface area contributed by atoms with Gasteiger partial charge in [0.15, 0.2) is 0 Å². The normalized spacial score (nSPS) is 19.2. The second-order valence-electron chi connectivity index (χ2n) is 5.38. The molecule has 0 N–H and O–H groups in total. The Balaban J connectivity index is 2.84. The molecule has 0 atom stereocenters. The molecule has 0 aromatic carbocycles. The Hall–Kier alpha value is -1.09. The number of piperidine rings is 1. The molecular formula is C15H26N2O. The lowest BCUT2D eigenvalue weighted by Crippen LogP contribution is -2.54. The molecule has 0 spiro atoms. The van der Waals surface area contributed by atoms with E-state index in [0.717, 1.165) is 25.8 Å². The number of carbonyl (C=O) groups is 1. The van der Waals surface area contributed by atoms with Gasteiger partial charge in [-0.2, -0.15) is 0 Å². The van der Waals surface area contributed by atoms with E-state index in [2.05, 4.69) is 18.1 Å². The number of likely N-dealkylation sites (N-methyl/N-ethyl adjacent to an activating group) is 1. The molecule has 102 valence electrons. The summed E-state index contributed by atoms with van der Waals surface area (Å²) in [5.41, 5.74) is 0.0629. The smallest absolute Gasteiger partial charge is 0.236 e. The van der Waals surface area contributed by atoms with Gasteiger partial charge in [0.05, 0.1) is 6.54 Å². The number of amides is 1. The lowest BCUT2D eigenvalue weighted by molar-refractivity contribution is -0.132. The van der Waals surface area contributed by atoms with E-state index in [-0.39, 0.29) is 11.4 Å². The van der Waals surface area contributed by atoms with E-state index in [1.165, 1.54) is 12.8 Å². The summed E-state index contributed by atoms with van der Waals surface area (Å²) < 4.78 is 0. The molecular weight excluding hydrogens is 224 g/mol. The summed E-state index contributed by atoms with van der Waals surface area (Å²) in [5, 5.41) is 0. The summed E-state index contributed by atoms with van der Waals surface area (Å²) in [6.07, 6.45) is 9.35. The first kappa shape index (κ1) is 15.0. The number of nitrogens with zero attached hydrogens (tertiary/aromatic N) is 2. The van der Waals surface area contributed by atoms with E-state index in [1.807, 2.05) is 26.2 Å². The van der Waals surface area contributed by atoms with Gasteiger partial charge in [0, 0.05) is 19.6 Å². The molecule has 1 rings (SSSR count). The third-order valence-electron chi connectivity index (χ3n) is 3.86. The predicted molar refractivity (Wildman–Crippen MR) is 76.5 cm³/mol. The van der Waals surface area contributed by atoms with Crippen LogP contribution in [0.15, 0.2) is 25.3 Å². The predicted octanol–water partition coefficient (Wildman–Crippen LogP) is 2.45. The van der Waals surface area contributed by atoms with E-state index in [0.29, 0.717) is 6.54 Å². The highest BCUT2D eigenvalue weighted by molar-refractivity contribution is 5.77. The molecule has 0 unspecified atom stereocenters. The van der Waals surface area contributed by atoms with Gasteiger partial charge in [0.25, 0.3) is 0 Å². The van der Waals surface area contributed by atoms with Gasteiger partial charge in [-0.1, -0.05) is 18.6 Å². The molecule has 0 bridgehead atoms. The van der Waals surface area contributed by atoms with Gasteiger partial charge in [0.1, 0.15) is 0 Å². The topological polar surface area (TPSA) is 23.6 Å². The van der Waals surface area contributed by atoms with Gasteiger partial charge in [-0.3, -0.25) is 9.69 Å². The molecule has 0 aliphatic carbocycles. The van der Waals surface area contributed by atoms with Crippen molar-refractivity contribution >= 4 is 5.91 Å². The Morgan fingerprint density at radius 2 is 1.89 bits per heavy atom. The summed E-state index contributed by atoms with van der Waals surface area (Å²) >= 11 is 0. The molecule has 1 heterocycles. The van der Waals surface area contributed by atoms with Crippen LogP contribution in [0, 0.1) is 0 Å². The quantitative estimate of drug-likeness (QED) is 0.676. The van der Waals surface area contributed by atoms with Crippen molar-refractivity contribution in [1.29, 1.82) is 0 Å². The first-order valence-corrected chi connectivity index (χ1v) is 6.73. The van der Waals surface area contributed by atoms with Crippen molar-refractivity contribution in [3.63, 3.8) is 0 Å². The van der Waals surface area contributed by atoms with Crippen LogP contribution in [0.25, 0.3) is 0 Å². The van der Waals surface area contributed by atoms with Gasteiger partial charge in [-0.05, 0) is 32.2 Å². The zero-order valence-corrected chi connectivity index (χ0v) is 11.8. The molecule has 0 aromatic heterocycles. The molecule has 1 aliphatic rings. The van der Waals surface area contributed by atoms with Crippen LogP contribution >= 0.6 is 0 Å². The molecule has 3 heteroatoms. The Kier molecular flexibility index (Phi) is 5.60. The van der Waals surface area contributed by atoms with Gasteiger partial charge in [-0.15, -0.1) is 13.2 Å². The van der Waals surface area contributed by atoms with E-state index in [1.54, 1.807) is 4.90 Å². The minimum Gasteiger partial charge on any atom is -0.348 e. The summed E-state index contributed by atoms with van der Waals surface area (Å²) in [4.78, 5) is 15.9. The first-order chi connectivity index (χ1) is 8.55. The Bertz CT molecular complexity index is 300. The molecule has 0 aromatic rings. The van der Waals surface area contributed by atoms with Crippen molar-refractivity contribution in [3.05, 3.63) is 25.3 Å². The van der Waals surface area contributed by atoms with Crippen molar-refractivity contribution in [2.45, 2.75) is 37.6 Å². The molecule has 0 saturated carbocycles. The molecule has 1 amide bonds. The fourth-order valence-corrected chi connectivity index (χ4v) is 2.79. The zero-order valence-electron chi connectivity index (χ0n) is 11.8. The molecule has 1 aliphatic heterocycles. The average molecular weight is 250 g/mol. The fourth-order valence-electron chi connectivity index (χ4n) is 2.79. The number of likely N-dealkylation sites (tertiary alicyclic amines) is 1. The van der Waals surface area contributed by atoms with E-state index in [4.69, 9.17) is 0 Å². The van der Waals surface area contributed by atoms with Crippen molar-refractivity contribution in [3.8, 4) is 0 Å². The number of hydrogen-bond acceptors (Lipinski definition) is 2. The maximum absolute atomic E-state index is 11.9. The van der Waals surface area contributed by atoms with Gasteiger partial charge in [-0.25, -0.2) is 0 Å². The number of hydrogen-bond donors (Lipinski definition) is 0. The third-order valence-corrected chi connectivity index (χ3v) is 3.86. The van der Waals surface area contributed by atoms with Crippen LogP contribution in [0.1, 0.15) is 32.1 Å². The number of carbonyl (C=O) groups excluding carboxylic acids is 1. The lowest BCUT2D eigenvalue weighted by atomic mass is 9.81. The molecule has 0 radical (unpaired) electrons. The maximum Gasteiger partial charge on any atom is 0.236 e. The summed E-state index contributed by atoms with van der Waals surface area (Å²) in [6.45, 7) is 9.26. The summed E-state index contributed by atoms with van der Waals surface area (Å²) in [7, 11) is 3.63. The van der Waals surface area contributed by atoms with Crippen LogP contribution in [-0.2, 0) is 4.79 Å². The van der Waals surface area contributed by atoms with Gasteiger partial charge < -0.3 is 4.90 Å². The van der Waals surface area contributed by atoms with Crippen LogP contribution in [0.5, 0.6) is 0 Å². The highest BCUT2D eigenvalue weighted by atomic mass is 16.2. The second kappa shape index (κ2) is 6.74. The van der Waals surface area contributed by atoms with Crippen LogP contribution in [0.3, 0.4) is 0 Å². The Labute approximate surface area is 111 Å². The average Bonchev–Trinajstić information content (AvgIpc) is 2.32. The minimum atomic E-state index is 0.0629. The van der Waals surface area contributed by atoms with E-state index >= 15 is 0 Å². The Morgan fingerprint density at radius 3 is 2.39 bits per heavy atom. The molecule has 1 saturated heterocycles.